The van der Waals surface area contributed by atoms with Crippen LogP contribution in [0.4, 0.5) is 0 Å². The van der Waals surface area contributed by atoms with Gasteiger partial charge in [-0.2, -0.15) is 0 Å². The second-order valence-corrected chi connectivity index (χ2v) is 17.3. The van der Waals surface area contributed by atoms with E-state index in [9.17, 15) is 14.7 Å². The fourth-order valence-electron chi connectivity index (χ4n) is 8.56. The van der Waals surface area contributed by atoms with Gasteiger partial charge in [0, 0.05) is 12.8 Å². The number of hydrogen-bond acceptors (Lipinski definition) is 6. The van der Waals surface area contributed by atoms with E-state index in [4.69, 9.17) is 9.16 Å². The fourth-order valence-corrected chi connectivity index (χ4v) is 10.3. The van der Waals surface area contributed by atoms with Crippen molar-refractivity contribution in [2.75, 3.05) is 12.9 Å². The lowest BCUT2D eigenvalue weighted by Crippen LogP contribution is -2.42. The van der Waals surface area contributed by atoms with E-state index < -0.39 is 12.0 Å². The van der Waals surface area contributed by atoms with E-state index in [1.54, 1.807) is 11.8 Å². The predicted molar refractivity (Wildman–Crippen MR) is 219 cm³/mol. The highest BCUT2D eigenvalue weighted by Crippen LogP contribution is 2.58. The molecule has 1 saturated carbocycles. The molecule has 0 heterocycles. The number of aliphatic hydroxyl groups excluding tert-OH is 1. The molecule has 2 aromatic carbocycles. The standard InChI is InChI=1S/C45H62O5SSi/c1-32(45(5,44(2,3)4)35-26-16-17-27-35)42(50-52)39-36(28-18-24-33-20-10-7-11-21-33)43(51-31-19-25-34-22-12-8-13-23-34)41(48)40(39)37(46)29-14-9-15-30-38(47)49-6/h7-8,10-13,20-23,35,37,39-40,46H,9,15-19,24-28,30-31H2,1-6,52H3. The number of ether oxygens (including phenoxy) is 1. The first kappa shape index (κ1) is 41.7. The first-order valence-electron chi connectivity index (χ1n) is 19.4. The summed E-state index contributed by atoms with van der Waals surface area (Å²) in [6.45, 7) is 11.7. The van der Waals surface area contributed by atoms with Gasteiger partial charge >= 0.3 is 5.97 Å². The number of ketones is 1. The summed E-state index contributed by atoms with van der Waals surface area (Å²) in [7, 11) is 1.85. The monoisotopic (exact) mass is 742 g/mol. The summed E-state index contributed by atoms with van der Waals surface area (Å²) < 4.78 is 11.4. The molecular weight excluding hydrogens is 681 g/mol. The summed E-state index contributed by atoms with van der Waals surface area (Å²) in [5, 5.41) is 11.9. The number of carbonyl (C=O) groups excluding carboxylic acids is 2. The van der Waals surface area contributed by atoms with Gasteiger partial charge in [0.25, 0.3) is 0 Å². The third kappa shape index (κ3) is 10.3. The summed E-state index contributed by atoms with van der Waals surface area (Å²) >= 11 is 1.66. The van der Waals surface area contributed by atoms with Crippen molar-refractivity contribution in [2.45, 2.75) is 118 Å². The molecule has 4 atom stereocenters. The van der Waals surface area contributed by atoms with Gasteiger partial charge in [-0.1, -0.05) is 107 Å². The van der Waals surface area contributed by atoms with E-state index in [1.165, 1.54) is 49.5 Å². The Labute approximate surface area is 321 Å². The van der Waals surface area contributed by atoms with Crippen LogP contribution in [0, 0.1) is 40.4 Å². The molecule has 2 aliphatic carbocycles. The Bertz CT molecular complexity index is 1590. The Morgan fingerprint density at radius 3 is 2.10 bits per heavy atom. The van der Waals surface area contributed by atoms with E-state index >= 15 is 0 Å². The van der Waals surface area contributed by atoms with Gasteiger partial charge in [0.15, 0.2) is 5.78 Å². The molecule has 5 nitrogen and oxygen atoms in total. The van der Waals surface area contributed by atoms with Crippen LogP contribution in [0.1, 0.15) is 110 Å². The molecule has 4 rings (SSSR count). The van der Waals surface area contributed by atoms with Crippen LogP contribution in [0.3, 0.4) is 0 Å². The van der Waals surface area contributed by atoms with Crippen LogP contribution in [0.5, 0.6) is 0 Å². The van der Waals surface area contributed by atoms with Crippen LogP contribution in [0.25, 0.3) is 0 Å². The van der Waals surface area contributed by atoms with E-state index in [0.717, 1.165) is 54.1 Å². The van der Waals surface area contributed by atoms with Crippen molar-refractivity contribution in [1.82, 2.24) is 0 Å². The minimum atomic E-state index is -1.16. The summed E-state index contributed by atoms with van der Waals surface area (Å²) in [5.74, 6) is 6.97. The maximum absolute atomic E-state index is 14.8. The molecule has 7 heteroatoms. The molecule has 2 aliphatic rings. The van der Waals surface area contributed by atoms with Crippen molar-refractivity contribution in [2.24, 2.45) is 28.6 Å². The van der Waals surface area contributed by atoms with Crippen LogP contribution >= 0.6 is 11.8 Å². The number of allylic oxidation sites excluding steroid dienone is 3. The topological polar surface area (TPSA) is 72.8 Å². The lowest BCUT2D eigenvalue weighted by atomic mass is 9.56. The van der Waals surface area contributed by atoms with Crippen molar-refractivity contribution in [3.05, 3.63) is 93.6 Å². The van der Waals surface area contributed by atoms with Gasteiger partial charge in [-0.3, -0.25) is 9.59 Å². The quantitative estimate of drug-likeness (QED) is 0.0574. The number of thioether (sulfide) groups is 1. The zero-order chi connectivity index (χ0) is 37.7. The lowest BCUT2D eigenvalue weighted by molar-refractivity contribution is -0.140. The molecule has 1 fully saturated rings. The molecule has 0 aromatic heterocycles. The number of benzene rings is 2. The third-order valence-electron chi connectivity index (χ3n) is 11.9. The van der Waals surface area contributed by atoms with Gasteiger partial charge in [-0.05, 0) is 103 Å². The van der Waals surface area contributed by atoms with E-state index in [0.29, 0.717) is 29.2 Å². The normalized spacial score (nSPS) is 20.2. The maximum atomic E-state index is 14.8. The van der Waals surface area contributed by atoms with Crippen LogP contribution < -0.4 is 0 Å². The first-order chi connectivity index (χ1) is 24.9. The fraction of sp³-hybridized carbons (Fsp3) is 0.556. The van der Waals surface area contributed by atoms with Crippen molar-refractivity contribution >= 4 is 34.0 Å². The Hall–Kier alpha value is -3.05. The number of Topliss-reactive ketones (excluding diaryl/α,β-unsaturated/α-hetero) is 1. The van der Waals surface area contributed by atoms with Crippen molar-refractivity contribution in [3.63, 3.8) is 0 Å². The van der Waals surface area contributed by atoms with Gasteiger partial charge < -0.3 is 14.3 Å². The highest BCUT2D eigenvalue weighted by atomic mass is 32.2. The molecule has 0 spiro atoms. The Morgan fingerprint density at radius 1 is 0.942 bits per heavy atom. The highest BCUT2D eigenvalue weighted by Gasteiger charge is 2.52. The molecular formula is C45H62O5SSi. The molecule has 2 aromatic rings. The smallest absolute Gasteiger partial charge is 0.305 e. The zero-order valence-corrected chi connectivity index (χ0v) is 35.6. The summed E-state index contributed by atoms with van der Waals surface area (Å²) in [4.78, 5) is 27.3. The number of hydrogen-bond donors (Lipinski definition) is 1. The van der Waals surface area contributed by atoms with Crippen LogP contribution in [-0.4, -0.2) is 46.3 Å². The molecule has 0 amide bonds. The minimum Gasteiger partial charge on any atom is -0.556 e. The van der Waals surface area contributed by atoms with Crippen molar-refractivity contribution in [1.29, 1.82) is 0 Å². The molecule has 1 N–H and O–H groups in total. The molecule has 0 bridgehead atoms. The predicted octanol–water partition coefficient (Wildman–Crippen LogP) is 8.97. The number of esters is 1. The lowest BCUT2D eigenvalue weighted by Gasteiger charge is -2.49. The molecule has 52 heavy (non-hydrogen) atoms. The average molecular weight is 743 g/mol. The van der Waals surface area contributed by atoms with Gasteiger partial charge in [-0.15, -0.1) is 17.7 Å². The summed E-state index contributed by atoms with van der Waals surface area (Å²) in [6.07, 6.45) is 9.41. The number of carbonyl (C=O) groups is 2. The number of aliphatic hydroxyl groups is 1. The molecule has 0 saturated heterocycles. The average Bonchev–Trinajstić information content (AvgIpc) is 3.77. The van der Waals surface area contributed by atoms with Gasteiger partial charge in [-0.25, -0.2) is 0 Å². The number of methoxy groups -OCH3 is 1. The Kier molecular flexibility index (Phi) is 15.9. The van der Waals surface area contributed by atoms with Crippen LogP contribution in [-0.2, 0) is 31.6 Å². The number of rotatable bonds is 17. The largest absolute Gasteiger partial charge is 0.556 e. The summed E-state index contributed by atoms with van der Waals surface area (Å²) in [6, 6.07) is 21.0. The Morgan fingerprint density at radius 2 is 1.54 bits per heavy atom. The van der Waals surface area contributed by atoms with Gasteiger partial charge in [0.2, 0.25) is 10.5 Å². The van der Waals surface area contributed by atoms with Crippen LogP contribution in [0.15, 0.2) is 82.5 Å². The van der Waals surface area contributed by atoms with Gasteiger partial charge in [0.1, 0.15) is 6.10 Å². The second kappa shape index (κ2) is 19.9. The Balaban J connectivity index is 1.78. The molecule has 4 unspecified atom stereocenters. The molecule has 0 aliphatic heterocycles. The molecule has 282 valence electrons. The molecule has 0 radical (unpaired) electrons. The SMILES string of the molecule is COC(=O)CCCC#CC(O)C1C(=O)C(SCCCc2ccccc2)=C(CCCc2ccccc2)C1C(O[SiH3])=C(C)C(C)(C1CCCC1)C(C)(C)C. The van der Waals surface area contributed by atoms with Crippen molar-refractivity contribution in [3.8, 4) is 11.8 Å². The van der Waals surface area contributed by atoms with E-state index in [1.807, 2.05) is 12.1 Å². The van der Waals surface area contributed by atoms with E-state index in [2.05, 4.69) is 95.0 Å². The highest BCUT2D eigenvalue weighted by molar-refractivity contribution is 8.04. The third-order valence-corrected chi connectivity index (χ3v) is 13.6. The second-order valence-electron chi connectivity index (χ2n) is 15.8. The number of unbranched alkanes of at least 4 members (excludes halogenated alkanes) is 1. The first-order valence-corrected chi connectivity index (χ1v) is 21.2. The van der Waals surface area contributed by atoms with Crippen LogP contribution in [0.2, 0.25) is 0 Å². The minimum absolute atomic E-state index is 0.0110. The van der Waals surface area contributed by atoms with Crippen molar-refractivity contribution < 1.29 is 23.9 Å². The van der Waals surface area contributed by atoms with Gasteiger partial charge in [0.05, 0.1) is 29.6 Å². The van der Waals surface area contributed by atoms with E-state index in [-0.39, 0.29) is 34.9 Å². The number of aryl methyl sites for hydroxylation is 2. The zero-order valence-electron chi connectivity index (χ0n) is 32.8. The maximum Gasteiger partial charge on any atom is 0.305 e. The summed E-state index contributed by atoms with van der Waals surface area (Å²) in [5.41, 5.74) is 4.71.